The molecular formula is C14H9Cl2FN2O. The van der Waals surface area contributed by atoms with Crippen LogP contribution in [0, 0.1) is 5.82 Å². The maximum Gasteiger partial charge on any atom is 0.165 e. The van der Waals surface area contributed by atoms with E-state index < -0.39 is 5.82 Å². The maximum absolute atomic E-state index is 13.7. The molecule has 0 aliphatic rings. The van der Waals surface area contributed by atoms with Crippen molar-refractivity contribution in [2.75, 3.05) is 7.11 Å². The zero-order chi connectivity index (χ0) is 14.3. The predicted octanol–water partition coefficient (Wildman–Crippen LogP) is 4.46. The molecule has 0 unspecified atom stereocenters. The minimum Gasteiger partial charge on any atom is -0.494 e. The van der Waals surface area contributed by atoms with Crippen LogP contribution in [-0.2, 0) is 0 Å². The van der Waals surface area contributed by atoms with Gasteiger partial charge in [0.2, 0.25) is 0 Å². The van der Waals surface area contributed by atoms with E-state index in [9.17, 15) is 4.39 Å². The summed E-state index contributed by atoms with van der Waals surface area (Å²) in [5, 5.41) is 0.949. The number of benzene rings is 1. The molecule has 0 saturated carbocycles. The quantitative estimate of drug-likeness (QED) is 0.699. The van der Waals surface area contributed by atoms with Gasteiger partial charge in [-0.2, -0.15) is 0 Å². The highest BCUT2D eigenvalue weighted by atomic mass is 35.5. The average molecular weight is 311 g/mol. The zero-order valence-corrected chi connectivity index (χ0v) is 11.9. The van der Waals surface area contributed by atoms with Gasteiger partial charge in [-0.3, -0.25) is 0 Å². The molecule has 20 heavy (non-hydrogen) atoms. The summed E-state index contributed by atoms with van der Waals surface area (Å²) in [5.74, 6) is -0.246. The lowest BCUT2D eigenvalue weighted by molar-refractivity contribution is 0.386. The number of rotatable bonds is 2. The van der Waals surface area contributed by atoms with Crippen molar-refractivity contribution in [3.63, 3.8) is 0 Å². The molecule has 102 valence electrons. The van der Waals surface area contributed by atoms with E-state index in [-0.39, 0.29) is 5.75 Å². The molecule has 0 spiro atoms. The SMILES string of the molecule is COc1ccc(-c2cn3cc(Cl)cc(Cl)c3n2)cc1F. The van der Waals surface area contributed by atoms with Crippen LogP contribution in [0.25, 0.3) is 16.9 Å². The Balaban J connectivity index is 2.15. The van der Waals surface area contributed by atoms with Gasteiger partial charge in [0.25, 0.3) is 0 Å². The fourth-order valence-electron chi connectivity index (χ4n) is 1.99. The van der Waals surface area contributed by atoms with Crippen molar-refractivity contribution in [2.24, 2.45) is 0 Å². The van der Waals surface area contributed by atoms with Crippen molar-refractivity contribution >= 4 is 28.8 Å². The number of ether oxygens (including phenoxy) is 1. The van der Waals surface area contributed by atoms with Crippen LogP contribution in [0.15, 0.2) is 36.7 Å². The van der Waals surface area contributed by atoms with Crippen molar-refractivity contribution in [3.05, 3.63) is 52.5 Å². The molecule has 0 amide bonds. The van der Waals surface area contributed by atoms with Gasteiger partial charge in [0, 0.05) is 18.0 Å². The monoisotopic (exact) mass is 310 g/mol. The molecule has 0 fully saturated rings. The van der Waals surface area contributed by atoms with E-state index in [0.717, 1.165) is 0 Å². The summed E-state index contributed by atoms with van der Waals surface area (Å²) >= 11 is 12.0. The molecule has 0 saturated heterocycles. The van der Waals surface area contributed by atoms with Crippen molar-refractivity contribution in [3.8, 4) is 17.0 Å². The van der Waals surface area contributed by atoms with E-state index in [4.69, 9.17) is 27.9 Å². The third-order valence-electron chi connectivity index (χ3n) is 2.92. The van der Waals surface area contributed by atoms with Gasteiger partial charge in [-0.25, -0.2) is 9.37 Å². The van der Waals surface area contributed by atoms with Gasteiger partial charge in [0.1, 0.15) is 0 Å². The van der Waals surface area contributed by atoms with Crippen LogP contribution in [0.3, 0.4) is 0 Å². The zero-order valence-electron chi connectivity index (χ0n) is 10.4. The first-order valence-corrected chi connectivity index (χ1v) is 6.52. The summed E-state index contributed by atoms with van der Waals surface area (Å²) in [6.07, 6.45) is 3.44. The van der Waals surface area contributed by atoms with Crippen molar-refractivity contribution in [1.82, 2.24) is 9.38 Å². The van der Waals surface area contributed by atoms with Crippen molar-refractivity contribution in [1.29, 1.82) is 0 Å². The first-order chi connectivity index (χ1) is 9.58. The maximum atomic E-state index is 13.7. The van der Waals surface area contributed by atoms with Crippen LogP contribution in [0.2, 0.25) is 10.0 Å². The van der Waals surface area contributed by atoms with Crippen LogP contribution in [-0.4, -0.2) is 16.5 Å². The number of aromatic nitrogens is 2. The Hall–Kier alpha value is -1.78. The topological polar surface area (TPSA) is 26.5 Å². The molecule has 0 radical (unpaired) electrons. The number of imidazole rings is 1. The third kappa shape index (κ3) is 2.21. The van der Waals surface area contributed by atoms with Gasteiger partial charge in [-0.05, 0) is 24.3 Å². The highest BCUT2D eigenvalue weighted by Crippen LogP contribution is 2.28. The minimum absolute atomic E-state index is 0.193. The molecule has 0 aliphatic heterocycles. The second-order valence-corrected chi connectivity index (χ2v) is 5.06. The van der Waals surface area contributed by atoms with E-state index in [1.807, 2.05) is 0 Å². The van der Waals surface area contributed by atoms with Crippen LogP contribution in [0.1, 0.15) is 0 Å². The van der Waals surface area contributed by atoms with Gasteiger partial charge in [0.15, 0.2) is 17.2 Å². The molecule has 0 atom stereocenters. The lowest BCUT2D eigenvalue weighted by atomic mass is 10.1. The van der Waals surface area contributed by atoms with Gasteiger partial charge in [-0.1, -0.05) is 23.2 Å². The van der Waals surface area contributed by atoms with Crippen LogP contribution < -0.4 is 4.74 Å². The Labute approximate surface area is 124 Å². The number of hydrogen-bond donors (Lipinski definition) is 0. The molecule has 3 rings (SSSR count). The smallest absolute Gasteiger partial charge is 0.165 e. The van der Waals surface area contributed by atoms with Crippen molar-refractivity contribution < 1.29 is 9.13 Å². The highest BCUT2D eigenvalue weighted by Gasteiger charge is 2.11. The first-order valence-electron chi connectivity index (χ1n) is 5.76. The molecule has 2 aromatic heterocycles. The fourth-order valence-corrected chi connectivity index (χ4v) is 2.52. The van der Waals surface area contributed by atoms with E-state index in [2.05, 4.69) is 4.98 Å². The lowest BCUT2D eigenvalue weighted by Crippen LogP contribution is -1.88. The Morgan fingerprint density at radius 2 is 2.00 bits per heavy atom. The number of halogens is 3. The number of pyridine rings is 1. The standard InChI is InChI=1S/C14H9Cl2FN2O/c1-20-13-3-2-8(4-11(13)17)12-7-19-6-9(15)5-10(16)14(19)18-12/h2-7H,1H3. The summed E-state index contributed by atoms with van der Waals surface area (Å²) in [4.78, 5) is 4.39. The van der Waals surface area contributed by atoms with Crippen LogP contribution >= 0.6 is 23.2 Å². The molecule has 1 aromatic carbocycles. The van der Waals surface area contributed by atoms with E-state index in [0.29, 0.717) is 26.9 Å². The Kier molecular flexibility index (Phi) is 3.28. The van der Waals surface area contributed by atoms with Crippen LogP contribution in [0.4, 0.5) is 4.39 Å². The van der Waals surface area contributed by atoms with E-state index in [1.54, 1.807) is 35.0 Å². The molecule has 0 aliphatic carbocycles. The summed E-state index contributed by atoms with van der Waals surface area (Å²) in [6, 6.07) is 6.28. The molecule has 2 heterocycles. The first kappa shape index (κ1) is 13.2. The van der Waals surface area contributed by atoms with Gasteiger partial charge >= 0.3 is 0 Å². The van der Waals surface area contributed by atoms with Gasteiger partial charge < -0.3 is 9.14 Å². The average Bonchev–Trinajstić information content (AvgIpc) is 2.82. The van der Waals surface area contributed by atoms with Gasteiger partial charge in [-0.15, -0.1) is 0 Å². The molecule has 3 nitrogen and oxygen atoms in total. The Bertz CT molecular complexity index is 801. The second kappa shape index (κ2) is 4.96. The summed E-state index contributed by atoms with van der Waals surface area (Å²) in [6.45, 7) is 0. The fraction of sp³-hybridized carbons (Fsp3) is 0.0714. The molecule has 0 bridgehead atoms. The molecule has 6 heteroatoms. The minimum atomic E-state index is -0.439. The van der Waals surface area contributed by atoms with E-state index >= 15 is 0 Å². The number of methoxy groups -OCH3 is 1. The number of nitrogens with zero attached hydrogens (tertiary/aromatic N) is 2. The Morgan fingerprint density at radius 1 is 1.20 bits per heavy atom. The van der Waals surface area contributed by atoms with Crippen LogP contribution in [0.5, 0.6) is 5.75 Å². The van der Waals surface area contributed by atoms with E-state index in [1.165, 1.54) is 13.2 Å². The highest BCUT2D eigenvalue weighted by molar-refractivity contribution is 6.36. The van der Waals surface area contributed by atoms with Gasteiger partial charge in [0.05, 0.1) is 22.8 Å². The third-order valence-corrected chi connectivity index (χ3v) is 3.41. The second-order valence-electron chi connectivity index (χ2n) is 4.21. The van der Waals surface area contributed by atoms with Crippen molar-refractivity contribution in [2.45, 2.75) is 0 Å². The molecule has 0 N–H and O–H groups in total. The molecular weight excluding hydrogens is 302 g/mol. The lowest BCUT2D eigenvalue weighted by Gasteiger charge is -2.02. The predicted molar refractivity (Wildman–Crippen MR) is 77.2 cm³/mol. The Morgan fingerprint density at radius 3 is 2.70 bits per heavy atom. The summed E-state index contributed by atoms with van der Waals surface area (Å²) in [7, 11) is 1.42. The summed E-state index contributed by atoms with van der Waals surface area (Å²) < 4.78 is 20.3. The largest absolute Gasteiger partial charge is 0.494 e. The number of hydrogen-bond acceptors (Lipinski definition) is 2. The number of fused-ring (bicyclic) bond motifs is 1. The molecule has 3 aromatic rings. The normalized spacial score (nSPS) is 11.0. The summed E-state index contributed by atoms with van der Waals surface area (Å²) in [5.41, 5.74) is 1.82.